The Bertz CT molecular complexity index is 875. The lowest BCUT2D eigenvalue weighted by atomic mass is 9.90. The number of thiophene rings is 1. The molecule has 0 aliphatic heterocycles. The van der Waals surface area contributed by atoms with Crippen LogP contribution >= 0.6 is 11.3 Å². The lowest BCUT2D eigenvalue weighted by molar-refractivity contribution is 0.0848. The van der Waals surface area contributed by atoms with Crippen LogP contribution in [0.5, 0.6) is 11.5 Å². The molecule has 1 aromatic heterocycles. The summed E-state index contributed by atoms with van der Waals surface area (Å²) in [6.07, 6.45) is 3.18. The van der Waals surface area contributed by atoms with E-state index >= 15 is 0 Å². The molecule has 2 aromatic rings. The molecule has 28 heavy (non-hydrogen) atoms. The quantitative estimate of drug-likeness (QED) is 0.747. The smallest absolute Gasteiger partial charge is 0.279 e. The topological polar surface area (TPSA) is 76.7 Å². The Kier molecular flexibility index (Phi) is 6.24. The molecule has 150 valence electrons. The van der Waals surface area contributed by atoms with Crippen molar-refractivity contribution in [2.75, 3.05) is 7.11 Å². The Labute approximate surface area is 169 Å². The largest absolute Gasteiger partial charge is 0.493 e. The van der Waals surface area contributed by atoms with Crippen LogP contribution in [0.15, 0.2) is 24.3 Å². The molecule has 0 saturated heterocycles. The summed E-state index contributed by atoms with van der Waals surface area (Å²) in [6.45, 7) is 6.06. The number of fused-ring (bicyclic) bond motifs is 1. The number of ether oxygens (including phenoxy) is 2. The summed E-state index contributed by atoms with van der Waals surface area (Å²) in [4.78, 5) is 26.7. The molecule has 0 fully saturated rings. The second kappa shape index (κ2) is 8.65. The number of hydrazine groups is 1. The second-order valence-corrected chi connectivity index (χ2v) is 8.48. The van der Waals surface area contributed by atoms with Crippen molar-refractivity contribution in [2.24, 2.45) is 5.92 Å². The average Bonchev–Trinajstić information content (AvgIpc) is 3.08. The predicted molar refractivity (Wildman–Crippen MR) is 109 cm³/mol. The minimum Gasteiger partial charge on any atom is -0.493 e. The maximum absolute atomic E-state index is 12.4. The zero-order valence-electron chi connectivity index (χ0n) is 16.6. The minimum atomic E-state index is -0.419. The van der Waals surface area contributed by atoms with Crippen molar-refractivity contribution in [3.05, 3.63) is 45.1 Å². The van der Waals surface area contributed by atoms with E-state index in [1.165, 1.54) is 28.9 Å². The van der Waals surface area contributed by atoms with Gasteiger partial charge < -0.3 is 9.47 Å². The Morgan fingerprint density at radius 1 is 1.14 bits per heavy atom. The summed E-state index contributed by atoms with van der Waals surface area (Å²) >= 11 is 1.51. The Balaban J connectivity index is 1.63. The fourth-order valence-electron chi connectivity index (χ4n) is 3.23. The van der Waals surface area contributed by atoms with Gasteiger partial charge in [-0.2, -0.15) is 0 Å². The first kappa shape index (κ1) is 20.2. The van der Waals surface area contributed by atoms with Crippen LogP contribution < -0.4 is 20.3 Å². The van der Waals surface area contributed by atoms with Crippen molar-refractivity contribution in [3.8, 4) is 11.5 Å². The molecule has 0 bridgehead atoms. The van der Waals surface area contributed by atoms with Gasteiger partial charge >= 0.3 is 0 Å². The van der Waals surface area contributed by atoms with Crippen molar-refractivity contribution in [3.63, 3.8) is 0 Å². The van der Waals surface area contributed by atoms with Crippen molar-refractivity contribution in [1.82, 2.24) is 10.9 Å². The summed E-state index contributed by atoms with van der Waals surface area (Å²) in [5, 5.41) is 0. The molecule has 1 aliphatic carbocycles. The highest BCUT2D eigenvalue weighted by Gasteiger charge is 2.21. The van der Waals surface area contributed by atoms with Crippen LogP contribution in [-0.4, -0.2) is 25.0 Å². The second-order valence-electron chi connectivity index (χ2n) is 7.35. The molecule has 6 nitrogen and oxygen atoms in total. The number of benzene rings is 1. The number of carbonyl (C=O) groups is 2. The van der Waals surface area contributed by atoms with E-state index in [0.717, 1.165) is 19.3 Å². The molecule has 1 atom stereocenters. The lowest BCUT2D eigenvalue weighted by Crippen LogP contribution is -2.41. The predicted octanol–water partition coefficient (Wildman–Crippen LogP) is 3.74. The van der Waals surface area contributed by atoms with Crippen molar-refractivity contribution < 1.29 is 19.1 Å². The van der Waals surface area contributed by atoms with E-state index in [1.807, 2.05) is 19.9 Å². The summed E-state index contributed by atoms with van der Waals surface area (Å²) in [6, 6.07) is 6.85. The summed E-state index contributed by atoms with van der Waals surface area (Å²) in [5.74, 6) is 0.962. The average molecular weight is 403 g/mol. The molecule has 1 heterocycles. The van der Waals surface area contributed by atoms with E-state index in [-0.39, 0.29) is 12.0 Å². The number of carbonyl (C=O) groups excluding carboxylic acids is 2. The number of aryl methyl sites for hydroxylation is 1. The number of nitrogens with one attached hydrogen (secondary N) is 2. The highest BCUT2D eigenvalue weighted by atomic mass is 32.1. The maximum Gasteiger partial charge on any atom is 0.279 e. The van der Waals surface area contributed by atoms with Gasteiger partial charge in [0.15, 0.2) is 11.5 Å². The normalized spacial score (nSPS) is 15.7. The molecule has 3 rings (SSSR count). The highest BCUT2D eigenvalue weighted by Crippen LogP contribution is 2.32. The molecular formula is C21H26N2O4S. The SMILES string of the molecule is COc1cc(C(=O)NNC(=O)c2cc3c(s2)CC[C@@H](C)C3)ccc1OC(C)C. The monoisotopic (exact) mass is 402 g/mol. The first-order chi connectivity index (χ1) is 13.4. The van der Waals surface area contributed by atoms with Crippen LogP contribution in [0.1, 0.15) is 57.7 Å². The molecule has 7 heteroatoms. The molecule has 0 saturated carbocycles. The number of hydrogen-bond donors (Lipinski definition) is 2. The Morgan fingerprint density at radius 3 is 2.61 bits per heavy atom. The van der Waals surface area contributed by atoms with Gasteiger partial charge in [-0.15, -0.1) is 11.3 Å². The fraction of sp³-hybridized carbons (Fsp3) is 0.429. The lowest BCUT2D eigenvalue weighted by Gasteiger charge is -2.16. The number of methoxy groups -OCH3 is 1. The summed E-state index contributed by atoms with van der Waals surface area (Å²) < 4.78 is 10.9. The molecule has 1 aromatic carbocycles. The molecule has 2 amide bonds. The van der Waals surface area contributed by atoms with E-state index < -0.39 is 5.91 Å². The van der Waals surface area contributed by atoms with Crippen molar-refractivity contribution in [2.45, 2.75) is 46.1 Å². The van der Waals surface area contributed by atoms with Gasteiger partial charge in [0.1, 0.15) is 0 Å². The van der Waals surface area contributed by atoms with E-state index in [9.17, 15) is 9.59 Å². The first-order valence-corrected chi connectivity index (χ1v) is 10.3. The van der Waals surface area contributed by atoms with Crippen molar-refractivity contribution >= 4 is 23.2 Å². The first-order valence-electron chi connectivity index (χ1n) is 9.44. The van der Waals surface area contributed by atoms with E-state index in [1.54, 1.807) is 18.2 Å². The standard InChI is InChI=1S/C21H26N2O4S/c1-12(2)27-16-7-6-14(10-17(16)26-4)20(24)22-23-21(25)19-11-15-9-13(3)5-8-18(15)28-19/h6-7,10-13H,5,8-9H2,1-4H3,(H,22,24)(H,23,25)/t13-/m1/s1. The number of amides is 2. The van der Waals surface area contributed by atoms with E-state index in [4.69, 9.17) is 9.47 Å². The molecular weight excluding hydrogens is 376 g/mol. The number of rotatable bonds is 5. The van der Waals surface area contributed by atoms with Crippen LogP contribution in [0, 0.1) is 5.92 Å². The minimum absolute atomic E-state index is 0.00697. The van der Waals surface area contributed by atoms with E-state index in [0.29, 0.717) is 27.9 Å². The van der Waals surface area contributed by atoms with Crippen LogP contribution in [0.25, 0.3) is 0 Å². The molecule has 0 unspecified atom stereocenters. The van der Waals surface area contributed by atoms with Gasteiger partial charge in [0.05, 0.1) is 18.1 Å². The van der Waals surface area contributed by atoms with Gasteiger partial charge in [-0.25, -0.2) is 0 Å². The van der Waals surface area contributed by atoms with Crippen LogP contribution in [-0.2, 0) is 12.8 Å². The van der Waals surface area contributed by atoms with Gasteiger partial charge in [-0.05, 0) is 68.9 Å². The van der Waals surface area contributed by atoms with Crippen molar-refractivity contribution in [1.29, 1.82) is 0 Å². The summed E-state index contributed by atoms with van der Waals surface area (Å²) in [7, 11) is 1.52. The van der Waals surface area contributed by atoms with Crippen LogP contribution in [0.2, 0.25) is 0 Å². The van der Waals surface area contributed by atoms with Gasteiger partial charge in [-0.1, -0.05) is 6.92 Å². The number of hydrogen-bond acceptors (Lipinski definition) is 5. The third kappa shape index (κ3) is 4.65. The molecule has 0 spiro atoms. The molecule has 1 aliphatic rings. The Morgan fingerprint density at radius 2 is 1.89 bits per heavy atom. The van der Waals surface area contributed by atoms with Crippen LogP contribution in [0.3, 0.4) is 0 Å². The van der Waals surface area contributed by atoms with Gasteiger partial charge in [-0.3, -0.25) is 20.4 Å². The maximum atomic E-state index is 12.4. The third-order valence-electron chi connectivity index (χ3n) is 4.63. The van der Waals surface area contributed by atoms with Crippen LogP contribution in [0.4, 0.5) is 0 Å². The molecule has 2 N–H and O–H groups in total. The highest BCUT2D eigenvalue weighted by molar-refractivity contribution is 7.14. The molecule has 0 radical (unpaired) electrons. The van der Waals surface area contributed by atoms with Gasteiger partial charge in [0.25, 0.3) is 11.8 Å². The zero-order valence-corrected chi connectivity index (χ0v) is 17.4. The summed E-state index contributed by atoms with van der Waals surface area (Å²) in [5.41, 5.74) is 6.59. The van der Waals surface area contributed by atoms with Gasteiger partial charge in [0.2, 0.25) is 0 Å². The Hall–Kier alpha value is -2.54. The van der Waals surface area contributed by atoms with Gasteiger partial charge in [0, 0.05) is 10.4 Å². The van der Waals surface area contributed by atoms with E-state index in [2.05, 4.69) is 17.8 Å². The third-order valence-corrected chi connectivity index (χ3v) is 5.87. The fourth-order valence-corrected chi connectivity index (χ4v) is 4.33. The zero-order chi connectivity index (χ0) is 20.3.